The largest absolute Gasteiger partial charge is 0.315 e. The summed E-state index contributed by atoms with van der Waals surface area (Å²) >= 11 is 0. The lowest BCUT2D eigenvalue weighted by Crippen LogP contribution is -2.33. The van der Waals surface area contributed by atoms with Crippen molar-refractivity contribution in [3.05, 3.63) is 59.7 Å². The van der Waals surface area contributed by atoms with E-state index in [0.717, 1.165) is 32.6 Å². The van der Waals surface area contributed by atoms with Gasteiger partial charge in [0.2, 0.25) is 0 Å². The van der Waals surface area contributed by atoms with Gasteiger partial charge in [0.25, 0.3) is 0 Å². The first-order valence-corrected chi connectivity index (χ1v) is 9.49. The average Bonchev–Trinajstić information content (AvgIpc) is 3.27. The minimum absolute atomic E-state index is 0.586. The Morgan fingerprint density at radius 1 is 0.920 bits per heavy atom. The van der Waals surface area contributed by atoms with E-state index in [2.05, 4.69) is 62.1 Å². The van der Waals surface area contributed by atoms with Gasteiger partial charge in [-0.1, -0.05) is 42.5 Å². The van der Waals surface area contributed by atoms with Crippen molar-refractivity contribution in [3.63, 3.8) is 0 Å². The second-order valence-electron chi connectivity index (χ2n) is 7.42. The van der Waals surface area contributed by atoms with Crippen molar-refractivity contribution in [3.8, 4) is 0 Å². The second-order valence-corrected chi connectivity index (χ2v) is 7.42. The first kappa shape index (κ1) is 15.1. The molecule has 3 aromatic rings. The monoisotopic (exact) mass is 332 g/mol. The normalized spacial score (nSPS) is 18.7. The van der Waals surface area contributed by atoms with Crippen LogP contribution >= 0.6 is 0 Å². The van der Waals surface area contributed by atoms with E-state index in [0.29, 0.717) is 5.92 Å². The molecule has 0 spiro atoms. The number of nitrogens with zero attached hydrogens (tertiary/aromatic N) is 4. The summed E-state index contributed by atoms with van der Waals surface area (Å²) in [4.78, 5) is 2.60. The first-order valence-electron chi connectivity index (χ1n) is 9.49. The Morgan fingerprint density at radius 3 is 2.68 bits per heavy atom. The summed E-state index contributed by atoms with van der Waals surface area (Å²) < 4.78 is 2.38. The molecule has 0 amide bonds. The van der Waals surface area contributed by atoms with E-state index in [1.54, 1.807) is 0 Å². The van der Waals surface area contributed by atoms with Crippen molar-refractivity contribution in [2.75, 3.05) is 13.1 Å². The second kappa shape index (κ2) is 6.26. The van der Waals surface area contributed by atoms with Gasteiger partial charge in [-0.25, -0.2) is 0 Å². The third-order valence-corrected chi connectivity index (χ3v) is 5.86. The number of aromatic nitrogens is 3. The van der Waals surface area contributed by atoms with E-state index in [9.17, 15) is 0 Å². The number of hydrogen-bond acceptors (Lipinski definition) is 3. The van der Waals surface area contributed by atoms with Gasteiger partial charge in [-0.05, 0) is 48.7 Å². The van der Waals surface area contributed by atoms with E-state index in [-0.39, 0.29) is 0 Å². The lowest BCUT2D eigenvalue weighted by molar-refractivity contribution is 0.200. The van der Waals surface area contributed by atoms with Crippen molar-refractivity contribution in [2.24, 2.45) is 0 Å². The maximum absolute atomic E-state index is 4.51. The summed E-state index contributed by atoms with van der Waals surface area (Å²) in [5.41, 5.74) is 1.44. The van der Waals surface area contributed by atoms with E-state index in [1.807, 2.05) is 0 Å². The van der Waals surface area contributed by atoms with Crippen LogP contribution in [0.4, 0.5) is 0 Å². The molecule has 0 saturated carbocycles. The van der Waals surface area contributed by atoms with Gasteiger partial charge in [-0.3, -0.25) is 4.90 Å². The molecule has 1 aromatic heterocycles. The average molecular weight is 332 g/mol. The molecule has 5 rings (SSSR count). The number of piperidine rings is 1. The quantitative estimate of drug-likeness (QED) is 0.732. The lowest BCUT2D eigenvalue weighted by Gasteiger charge is -2.31. The summed E-state index contributed by atoms with van der Waals surface area (Å²) in [6.07, 6.45) is 4.73. The standard InChI is InChI=1S/C21H24N4/c1-2-8-19-16(5-1)6-3-7-18(19)15-24-13-10-17(11-14-24)21-23-22-20-9-4-12-25(20)21/h1-3,5-8,17H,4,9-15H2. The molecule has 0 bridgehead atoms. The highest BCUT2D eigenvalue weighted by molar-refractivity contribution is 5.85. The molecule has 0 radical (unpaired) electrons. The van der Waals surface area contributed by atoms with Crippen LogP contribution in [0.1, 0.15) is 42.4 Å². The molecule has 4 heteroatoms. The van der Waals surface area contributed by atoms with E-state index in [4.69, 9.17) is 0 Å². The maximum Gasteiger partial charge on any atom is 0.136 e. The molecule has 4 nitrogen and oxygen atoms in total. The highest BCUT2D eigenvalue weighted by Crippen LogP contribution is 2.30. The zero-order chi connectivity index (χ0) is 16.6. The highest BCUT2D eigenvalue weighted by Gasteiger charge is 2.27. The van der Waals surface area contributed by atoms with Gasteiger partial charge in [0, 0.05) is 25.4 Å². The number of likely N-dealkylation sites (tertiary alicyclic amines) is 1. The van der Waals surface area contributed by atoms with E-state index in [1.165, 1.54) is 47.2 Å². The number of hydrogen-bond donors (Lipinski definition) is 0. The smallest absolute Gasteiger partial charge is 0.136 e. The Labute approximate surface area is 148 Å². The van der Waals surface area contributed by atoms with Gasteiger partial charge in [-0.2, -0.15) is 0 Å². The zero-order valence-electron chi connectivity index (χ0n) is 14.6. The highest BCUT2D eigenvalue weighted by atomic mass is 15.3. The third-order valence-electron chi connectivity index (χ3n) is 5.86. The summed E-state index contributed by atoms with van der Waals surface area (Å²) in [6, 6.07) is 15.4. The van der Waals surface area contributed by atoms with Gasteiger partial charge in [-0.15, -0.1) is 10.2 Å². The Kier molecular flexibility index (Phi) is 3.78. The fourth-order valence-electron chi connectivity index (χ4n) is 4.50. The molecule has 25 heavy (non-hydrogen) atoms. The molecule has 2 aliphatic rings. The fraction of sp³-hybridized carbons (Fsp3) is 0.429. The zero-order valence-corrected chi connectivity index (χ0v) is 14.6. The van der Waals surface area contributed by atoms with Gasteiger partial charge in [0.05, 0.1) is 0 Å². The van der Waals surface area contributed by atoms with Crippen LogP contribution in [0, 0.1) is 0 Å². The predicted molar refractivity (Wildman–Crippen MR) is 99.5 cm³/mol. The maximum atomic E-state index is 4.51. The predicted octanol–water partition coefficient (Wildman–Crippen LogP) is 3.76. The Morgan fingerprint density at radius 2 is 1.76 bits per heavy atom. The topological polar surface area (TPSA) is 34.0 Å². The van der Waals surface area contributed by atoms with Crippen LogP contribution in [0.15, 0.2) is 42.5 Å². The molecule has 0 aliphatic carbocycles. The minimum atomic E-state index is 0.586. The van der Waals surface area contributed by atoms with Crippen molar-refractivity contribution >= 4 is 10.8 Å². The number of aryl methyl sites for hydroxylation is 1. The molecular weight excluding hydrogens is 308 g/mol. The number of benzene rings is 2. The summed E-state index contributed by atoms with van der Waals surface area (Å²) in [5.74, 6) is 3.04. The number of rotatable bonds is 3. The molecule has 0 N–H and O–H groups in total. The van der Waals surface area contributed by atoms with Crippen LogP contribution < -0.4 is 0 Å². The molecule has 3 heterocycles. The SMILES string of the molecule is c1ccc2c(CN3CCC(c4nnc5n4CCC5)CC3)cccc2c1. The van der Waals surface area contributed by atoms with E-state index < -0.39 is 0 Å². The van der Waals surface area contributed by atoms with Crippen molar-refractivity contribution in [1.29, 1.82) is 0 Å². The summed E-state index contributed by atoms with van der Waals surface area (Å²) in [6.45, 7) is 4.46. The molecule has 0 unspecified atom stereocenters. The van der Waals surface area contributed by atoms with Crippen LogP contribution in [0.25, 0.3) is 10.8 Å². The Bertz CT molecular complexity index is 885. The fourth-order valence-corrected chi connectivity index (χ4v) is 4.50. The number of fused-ring (bicyclic) bond motifs is 2. The molecule has 2 aliphatic heterocycles. The van der Waals surface area contributed by atoms with Crippen molar-refractivity contribution < 1.29 is 0 Å². The lowest BCUT2D eigenvalue weighted by atomic mass is 9.95. The van der Waals surface area contributed by atoms with Crippen LogP contribution in [-0.4, -0.2) is 32.8 Å². The van der Waals surface area contributed by atoms with Gasteiger partial charge in [0.15, 0.2) is 0 Å². The molecule has 2 aromatic carbocycles. The van der Waals surface area contributed by atoms with Crippen LogP contribution in [-0.2, 0) is 19.5 Å². The van der Waals surface area contributed by atoms with Crippen LogP contribution in [0.3, 0.4) is 0 Å². The molecule has 1 saturated heterocycles. The van der Waals surface area contributed by atoms with Gasteiger partial charge in [0.1, 0.15) is 11.6 Å². The van der Waals surface area contributed by atoms with Gasteiger partial charge >= 0.3 is 0 Å². The Balaban J connectivity index is 1.29. The molecular formula is C21H24N4. The molecule has 0 atom stereocenters. The summed E-state index contributed by atoms with van der Waals surface area (Å²) in [5, 5.41) is 11.6. The van der Waals surface area contributed by atoms with E-state index >= 15 is 0 Å². The van der Waals surface area contributed by atoms with Crippen molar-refractivity contribution in [1.82, 2.24) is 19.7 Å². The molecule has 1 fully saturated rings. The van der Waals surface area contributed by atoms with Gasteiger partial charge < -0.3 is 4.57 Å². The third kappa shape index (κ3) is 2.74. The summed E-state index contributed by atoms with van der Waals surface area (Å²) in [7, 11) is 0. The first-order chi connectivity index (χ1) is 12.4. The van der Waals surface area contributed by atoms with Crippen LogP contribution in [0.2, 0.25) is 0 Å². The minimum Gasteiger partial charge on any atom is -0.315 e. The Hall–Kier alpha value is -2.20. The van der Waals surface area contributed by atoms with Crippen molar-refractivity contribution in [2.45, 2.75) is 44.7 Å². The molecule has 128 valence electrons. The van der Waals surface area contributed by atoms with Crippen LogP contribution in [0.5, 0.6) is 0 Å².